The molecule has 1 fully saturated rings. The first-order valence-electron chi connectivity index (χ1n) is 5.78. The lowest BCUT2D eigenvalue weighted by Gasteiger charge is -2.30. The third-order valence-corrected chi connectivity index (χ3v) is 3.08. The van der Waals surface area contributed by atoms with Crippen LogP contribution in [0.2, 0.25) is 0 Å². The maximum atomic E-state index is 12.0. The van der Waals surface area contributed by atoms with Crippen molar-refractivity contribution in [2.45, 2.75) is 45.2 Å². The van der Waals surface area contributed by atoms with Crippen molar-refractivity contribution in [3.05, 3.63) is 0 Å². The molecular formula is C11H21N3O2. The van der Waals surface area contributed by atoms with Gasteiger partial charge in [0.25, 0.3) is 0 Å². The molecule has 1 aliphatic rings. The molecule has 2 atom stereocenters. The van der Waals surface area contributed by atoms with Crippen molar-refractivity contribution in [3.8, 4) is 0 Å². The van der Waals surface area contributed by atoms with E-state index < -0.39 is 0 Å². The number of carbonyl (C=O) groups excluding carboxylic acids is 2. The molecule has 0 bridgehead atoms. The van der Waals surface area contributed by atoms with Gasteiger partial charge >= 0.3 is 0 Å². The summed E-state index contributed by atoms with van der Waals surface area (Å²) in [4.78, 5) is 24.7. The third-order valence-electron chi connectivity index (χ3n) is 3.08. The van der Waals surface area contributed by atoms with Crippen LogP contribution >= 0.6 is 0 Å². The van der Waals surface area contributed by atoms with Gasteiger partial charge in [-0.1, -0.05) is 13.8 Å². The molecule has 0 saturated carbocycles. The summed E-state index contributed by atoms with van der Waals surface area (Å²) in [5, 5.41) is 0. The Kier molecular flexibility index (Phi) is 4.29. The second-order valence-electron chi connectivity index (χ2n) is 4.69. The van der Waals surface area contributed by atoms with Crippen LogP contribution in [-0.4, -0.2) is 35.3 Å². The molecule has 0 aromatic carbocycles. The zero-order valence-corrected chi connectivity index (χ0v) is 9.98. The largest absolute Gasteiger partial charge is 0.370 e. The molecule has 2 amide bonds. The lowest BCUT2D eigenvalue weighted by atomic mass is 10.1. The Morgan fingerprint density at radius 1 is 1.31 bits per heavy atom. The summed E-state index contributed by atoms with van der Waals surface area (Å²) in [5.74, 6) is -0.356. The van der Waals surface area contributed by atoms with Crippen LogP contribution in [0.15, 0.2) is 0 Å². The summed E-state index contributed by atoms with van der Waals surface area (Å²) < 4.78 is 0. The average Bonchev–Trinajstić information content (AvgIpc) is 2.58. The zero-order chi connectivity index (χ0) is 12.3. The normalized spacial score (nSPS) is 25.1. The van der Waals surface area contributed by atoms with Gasteiger partial charge in [0, 0.05) is 31.0 Å². The van der Waals surface area contributed by atoms with Crippen molar-refractivity contribution >= 4 is 11.8 Å². The molecule has 4 N–H and O–H groups in total. The van der Waals surface area contributed by atoms with E-state index in [9.17, 15) is 9.59 Å². The first kappa shape index (κ1) is 13.0. The standard InChI is InChI=1S/C11H21N3O2/c1-7(2)11(16)14-8(5-10(13)15)3-4-9(14)6-12/h7-9H,3-6,12H2,1-2H3,(H2,13,15)/t8-,9+/m1/s1. The first-order valence-corrected chi connectivity index (χ1v) is 5.78. The van der Waals surface area contributed by atoms with Crippen molar-refractivity contribution in [3.63, 3.8) is 0 Å². The number of likely N-dealkylation sites (tertiary alicyclic amines) is 1. The summed E-state index contributed by atoms with van der Waals surface area (Å²) in [6, 6.07) is 0.0141. The van der Waals surface area contributed by atoms with E-state index in [1.807, 2.05) is 13.8 Å². The molecule has 1 aliphatic heterocycles. The molecular weight excluding hydrogens is 206 g/mol. The predicted molar refractivity (Wildman–Crippen MR) is 61.4 cm³/mol. The Morgan fingerprint density at radius 2 is 1.88 bits per heavy atom. The molecule has 0 unspecified atom stereocenters. The summed E-state index contributed by atoms with van der Waals surface area (Å²) in [6.45, 7) is 4.17. The molecule has 16 heavy (non-hydrogen) atoms. The molecule has 0 spiro atoms. The van der Waals surface area contributed by atoms with E-state index in [0.29, 0.717) is 6.54 Å². The van der Waals surface area contributed by atoms with Crippen LogP contribution in [0.5, 0.6) is 0 Å². The Morgan fingerprint density at radius 3 is 2.31 bits per heavy atom. The van der Waals surface area contributed by atoms with Crippen LogP contribution in [0.25, 0.3) is 0 Å². The molecule has 0 aromatic rings. The number of primary amides is 1. The first-order chi connectivity index (χ1) is 7.47. The van der Waals surface area contributed by atoms with E-state index in [-0.39, 0.29) is 36.2 Å². The van der Waals surface area contributed by atoms with Gasteiger partial charge in [0.15, 0.2) is 0 Å². The fraction of sp³-hybridized carbons (Fsp3) is 0.818. The SMILES string of the molecule is CC(C)C(=O)N1[C@H](CN)CC[C@@H]1CC(N)=O. The van der Waals surface area contributed by atoms with Crippen LogP contribution in [0.4, 0.5) is 0 Å². The molecule has 5 heteroatoms. The van der Waals surface area contributed by atoms with Gasteiger partial charge in [-0.15, -0.1) is 0 Å². The van der Waals surface area contributed by atoms with Crippen LogP contribution in [-0.2, 0) is 9.59 Å². The third kappa shape index (κ3) is 2.72. The average molecular weight is 227 g/mol. The van der Waals surface area contributed by atoms with Gasteiger partial charge in [-0.3, -0.25) is 9.59 Å². The Hall–Kier alpha value is -1.10. The molecule has 1 rings (SSSR count). The summed E-state index contributed by atoms with van der Waals surface area (Å²) in [6.07, 6.45) is 1.94. The fourth-order valence-corrected chi connectivity index (χ4v) is 2.28. The van der Waals surface area contributed by atoms with E-state index in [1.165, 1.54) is 0 Å². The number of hydrogen-bond acceptors (Lipinski definition) is 3. The number of hydrogen-bond donors (Lipinski definition) is 2. The highest BCUT2D eigenvalue weighted by Gasteiger charge is 2.37. The van der Waals surface area contributed by atoms with Crippen LogP contribution in [0.3, 0.4) is 0 Å². The molecule has 1 heterocycles. The van der Waals surface area contributed by atoms with Crippen molar-refractivity contribution in [1.29, 1.82) is 0 Å². The van der Waals surface area contributed by atoms with Gasteiger partial charge in [-0.2, -0.15) is 0 Å². The van der Waals surface area contributed by atoms with E-state index in [2.05, 4.69) is 0 Å². The topological polar surface area (TPSA) is 89.4 Å². The number of nitrogens with two attached hydrogens (primary N) is 2. The van der Waals surface area contributed by atoms with E-state index in [0.717, 1.165) is 12.8 Å². The monoisotopic (exact) mass is 227 g/mol. The van der Waals surface area contributed by atoms with Gasteiger partial charge < -0.3 is 16.4 Å². The molecule has 0 aliphatic carbocycles. The smallest absolute Gasteiger partial charge is 0.225 e. The van der Waals surface area contributed by atoms with Crippen molar-refractivity contribution in [2.24, 2.45) is 17.4 Å². The second-order valence-corrected chi connectivity index (χ2v) is 4.69. The summed E-state index contributed by atoms with van der Waals surface area (Å²) >= 11 is 0. The quantitative estimate of drug-likeness (QED) is 0.699. The molecule has 0 radical (unpaired) electrons. The molecule has 92 valence electrons. The zero-order valence-electron chi connectivity index (χ0n) is 9.98. The van der Waals surface area contributed by atoms with Crippen molar-refractivity contribution < 1.29 is 9.59 Å². The van der Waals surface area contributed by atoms with Crippen LogP contribution < -0.4 is 11.5 Å². The predicted octanol–water partition coefficient (Wildman–Crippen LogP) is -0.164. The number of amides is 2. The van der Waals surface area contributed by atoms with Crippen molar-refractivity contribution in [2.75, 3.05) is 6.54 Å². The number of rotatable bonds is 4. The summed E-state index contributed by atoms with van der Waals surface area (Å²) in [5.41, 5.74) is 10.8. The van der Waals surface area contributed by atoms with Gasteiger partial charge in [0.1, 0.15) is 0 Å². The maximum Gasteiger partial charge on any atom is 0.225 e. The van der Waals surface area contributed by atoms with Gasteiger partial charge in [-0.05, 0) is 12.8 Å². The van der Waals surface area contributed by atoms with E-state index >= 15 is 0 Å². The highest BCUT2D eigenvalue weighted by Crippen LogP contribution is 2.27. The van der Waals surface area contributed by atoms with Crippen LogP contribution in [0, 0.1) is 5.92 Å². The Bertz CT molecular complexity index is 278. The minimum Gasteiger partial charge on any atom is -0.370 e. The van der Waals surface area contributed by atoms with Crippen LogP contribution in [0.1, 0.15) is 33.1 Å². The Labute approximate surface area is 96.1 Å². The fourth-order valence-electron chi connectivity index (χ4n) is 2.28. The highest BCUT2D eigenvalue weighted by atomic mass is 16.2. The minimum absolute atomic E-state index is 0.0547. The molecule has 5 nitrogen and oxygen atoms in total. The van der Waals surface area contributed by atoms with Gasteiger partial charge in [0.2, 0.25) is 11.8 Å². The van der Waals surface area contributed by atoms with E-state index in [1.54, 1.807) is 4.90 Å². The second kappa shape index (κ2) is 5.30. The number of nitrogens with zero attached hydrogens (tertiary/aromatic N) is 1. The van der Waals surface area contributed by atoms with Gasteiger partial charge in [0.05, 0.1) is 0 Å². The number of carbonyl (C=O) groups is 2. The van der Waals surface area contributed by atoms with Gasteiger partial charge in [-0.25, -0.2) is 0 Å². The minimum atomic E-state index is -0.357. The lowest BCUT2D eigenvalue weighted by Crippen LogP contribution is -2.47. The lowest BCUT2D eigenvalue weighted by molar-refractivity contribution is -0.137. The maximum absolute atomic E-state index is 12.0. The van der Waals surface area contributed by atoms with E-state index in [4.69, 9.17) is 11.5 Å². The summed E-state index contributed by atoms with van der Waals surface area (Å²) in [7, 11) is 0. The van der Waals surface area contributed by atoms with Crippen molar-refractivity contribution in [1.82, 2.24) is 4.90 Å². The molecule has 1 saturated heterocycles. The molecule has 0 aromatic heterocycles. The highest BCUT2D eigenvalue weighted by molar-refractivity contribution is 5.81. The Balaban J connectivity index is 2.78.